The lowest BCUT2D eigenvalue weighted by Crippen LogP contribution is -2.72. The molecule has 1 aromatic rings. The van der Waals surface area contributed by atoms with Crippen LogP contribution in [0.15, 0.2) is 24.3 Å². The van der Waals surface area contributed by atoms with Crippen LogP contribution < -0.4 is 10.2 Å². The fourth-order valence-corrected chi connectivity index (χ4v) is 4.59. The zero-order valence-electron chi connectivity index (χ0n) is 11.4. The molecule has 4 rings (SSSR count). The fraction of sp³-hybridized carbons (Fsp3) is 0.562. The number of Topliss-reactive ketones (excluding diaryl/α,β-unsaturated/α-hetero) is 1. The van der Waals surface area contributed by atoms with E-state index in [-0.39, 0.29) is 11.1 Å². The number of fused-ring (bicyclic) bond motifs is 3. The largest absolute Gasteiger partial charge is 0.345 e. The summed E-state index contributed by atoms with van der Waals surface area (Å²) in [5.41, 5.74) is 2.81. The molecule has 1 saturated heterocycles. The number of anilines is 1. The SMILES string of the molecule is CC12CCCCC13NCC(=O)CN3c1ccccc12. The van der Waals surface area contributed by atoms with E-state index in [1.54, 1.807) is 0 Å². The van der Waals surface area contributed by atoms with Crippen molar-refractivity contribution in [2.24, 2.45) is 0 Å². The van der Waals surface area contributed by atoms with E-state index in [1.165, 1.54) is 30.5 Å². The van der Waals surface area contributed by atoms with Crippen LogP contribution >= 0.6 is 0 Å². The first-order chi connectivity index (χ1) is 9.17. The Morgan fingerprint density at radius 3 is 2.89 bits per heavy atom. The van der Waals surface area contributed by atoms with Crippen LogP contribution in [0.1, 0.15) is 38.2 Å². The van der Waals surface area contributed by atoms with Gasteiger partial charge in [0.15, 0.2) is 5.78 Å². The highest BCUT2D eigenvalue weighted by atomic mass is 16.1. The van der Waals surface area contributed by atoms with E-state index in [9.17, 15) is 4.79 Å². The highest BCUT2D eigenvalue weighted by Gasteiger charge is 2.61. The molecular weight excluding hydrogens is 236 g/mol. The van der Waals surface area contributed by atoms with Gasteiger partial charge in [0, 0.05) is 11.1 Å². The van der Waals surface area contributed by atoms with Gasteiger partial charge in [-0.15, -0.1) is 0 Å². The van der Waals surface area contributed by atoms with Crippen LogP contribution in [-0.4, -0.2) is 24.5 Å². The average molecular weight is 256 g/mol. The summed E-state index contributed by atoms with van der Waals surface area (Å²) in [7, 11) is 0. The fourth-order valence-electron chi connectivity index (χ4n) is 4.59. The summed E-state index contributed by atoms with van der Waals surface area (Å²) in [5.74, 6) is 0.301. The van der Waals surface area contributed by atoms with Gasteiger partial charge in [-0.05, 0) is 30.9 Å². The maximum Gasteiger partial charge on any atom is 0.165 e. The summed E-state index contributed by atoms with van der Waals surface area (Å²) >= 11 is 0. The summed E-state index contributed by atoms with van der Waals surface area (Å²) in [6.07, 6.45) is 4.89. The third-order valence-electron chi connectivity index (χ3n) is 5.54. The molecule has 1 aromatic carbocycles. The predicted octanol–water partition coefficient (Wildman–Crippen LogP) is 2.21. The van der Waals surface area contributed by atoms with Gasteiger partial charge in [0.1, 0.15) is 5.66 Å². The van der Waals surface area contributed by atoms with Gasteiger partial charge in [0.2, 0.25) is 0 Å². The first-order valence-electron chi connectivity index (χ1n) is 7.31. The van der Waals surface area contributed by atoms with Gasteiger partial charge in [0.05, 0.1) is 13.1 Å². The van der Waals surface area contributed by atoms with Gasteiger partial charge < -0.3 is 4.90 Å². The van der Waals surface area contributed by atoms with Crippen LogP contribution in [0.5, 0.6) is 0 Å². The number of nitrogens with one attached hydrogen (secondary N) is 1. The number of rotatable bonds is 0. The van der Waals surface area contributed by atoms with Crippen molar-refractivity contribution in [2.45, 2.75) is 43.7 Å². The summed E-state index contributed by atoms with van der Waals surface area (Å²) in [6, 6.07) is 8.66. The Morgan fingerprint density at radius 2 is 2.00 bits per heavy atom. The molecule has 0 aromatic heterocycles. The Hall–Kier alpha value is -1.35. The molecule has 0 radical (unpaired) electrons. The third-order valence-corrected chi connectivity index (χ3v) is 5.54. The second kappa shape index (κ2) is 3.60. The second-order valence-corrected chi connectivity index (χ2v) is 6.40. The number of para-hydroxylation sites is 1. The van der Waals surface area contributed by atoms with Crippen molar-refractivity contribution in [3.63, 3.8) is 0 Å². The van der Waals surface area contributed by atoms with E-state index >= 15 is 0 Å². The van der Waals surface area contributed by atoms with E-state index in [2.05, 4.69) is 41.4 Å². The van der Waals surface area contributed by atoms with Crippen molar-refractivity contribution >= 4 is 11.5 Å². The molecule has 2 fully saturated rings. The van der Waals surface area contributed by atoms with Crippen molar-refractivity contribution < 1.29 is 4.79 Å². The minimum absolute atomic E-state index is 0.0250. The Bertz CT molecular complexity index is 555. The monoisotopic (exact) mass is 256 g/mol. The number of nitrogens with zero attached hydrogens (tertiary/aromatic N) is 1. The van der Waals surface area contributed by atoms with Crippen LogP contribution in [0.25, 0.3) is 0 Å². The second-order valence-electron chi connectivity index (χ2n) is 6.40. The summed E-state index contributed by atoms with van der Waals surface area (Å²) in [6.45, 7) is 3.48. The standard InChI is InChI=1S/C16H20N2O/c1-15-8-4-5-9-16(15)17-10-12(19)11-18(16)14-7-3-2-6-13(14)15/h2-3,6-7,17H,4-5,8-11H2,1H3. The minimum Gasteiger partial charge on any atom is -0.345 e. The van der Waals surface area contributed by atoms with Gasteiger partial charge in [0.25, 0.3) is 0 Å². The third kappa shape index (κ3) is 1.24. The number of carbonyl (C=O) groups is 1. The van der Waals surface area contributed by atoms with Crippen LogP contribution in [0.3, 0.4) is 0 Å². The molecule has 3 heteroatoms. The van der Waals surface area contributed by atoms with Crippen molar-refractivity contribution in [1.29, 1.82) is 0 Å². The molecule has 100 valence electrons. The highest BCUT2D eigenvalue weighted by molar-refractivity contribution is 5.89. The van der Waals surface area contributed by atoms with Crippen molar-refractivity contribution in [1.82, 2.24) is 5.32 Å². The van der Waals surface area contributed by atoms with Gasteiger partial charge in [-0.2, -0.15) is 0 Å². The number of carbonyl (C=O) groups excluding carboxylic acids is 1. The van der Waals surface area contributed by atoms with E-state index in [0.717, 1.165) is 6.42 Å². The topological polar surface area (TPSA) is 32.3 Å². The molecule has 0 amide bonds. The van der Waals surface area contributed by atoms with Gasteiger partial charge >= 0.3 is 0 Å². The Labute approximate surface area is 114 Å². The molecule has 0 bridgehead atoms. The Kier molecular flexibility index (Phi) is 2.17. The summed E-state index contributed by atoms with van der Waals surface area (Å²) in [4.78, 5) is 14.2. The van der Waals surface area contributed by atoms with E-state index < -0.39 is 0 Å². The molecule has 2 aliphatic heterocycles. The molecule has 3 nitrogen and oxygen atoms in total. The summed E-state index contributed by atoms with van der Waals surface area (Å²) < 4.78 is 0. The lowest BCUT2D eigenvalue weighted by molar-refractivity contribution is -0.119. The first kappa shape index (κ1) is 11.5. The quantitative estimate of drug-likeness (QED) is 0.772. The molecule has 2 atom stereocenters. The Balaban J connectivity index is 1.95. The van der Waals surface area contributed by atoms with Crippen molar-refractivity contribution in [3.05, 3.63) is 29.8 Å². The molecule has 1 saturated carbocycles. The van der Waals surface area contributed by atoms with Crippen LogP contribution in [0.4, 0.5) is 5.69 Å². The summed E-state index contributed by atoms with van der Waals surface area (Å²) in [5, 5.41) is 3.61. The average Bonchev–Trinajstić information content (AvgIpc) is 2.66. The molecule has 2 unspecified atom stereocenters. The molecule has 19 heavy (non-hydrogen) atoms. The number of ketones is 1. The maximum absolute atomic E-state index is 11.9. The highest BCUT2D eigenvalue weighted by Crippen LogP contribution is 2.57. The number of hydrogen-bond donors (Lipinski definition) is 1. The first-order valence-corrected chi connectivity index (χ1v) is 7.31. The maximum atomic E-state index is 11.9. The molecule has 1 aliphatic carbocycles. The minimum atomic E-state index is -0.0250. The predicted molar refractivity (Wildman–Crippen MR) is 75.3 cm³/mol. The van der Waals surface area contributed by atoms with Crippen LogP contribution in [0.2, 0.25) is 0 Å². The Morgan fingerprint density at radius 1 is 1.21 bits per heavy atom. The van der Waals surface area contributed by atoms with Gasteiger partial charge in [-0.3, -0.25) is 10.1 Å². The van der Waals surface area contributed by atoms with Crippen molar-refractivity contribution in [2.75, 3.05) is 18.0 Å². The smallest absolute Gasteiger partial charge is 0.165 e. The van der Waals surface area contributed by atoms with E-state index in [1.807, 2.05) is 0 Å². The van der Waals surface area contributed by atoms with Crippen molar-refractivity contribution in [3.8, 4) is 0 Å². The molecular formula is C16H20N2O. The van der Waals surface area contributed by atoms with Gasteiger partial charge in [-0.25, -0.2) is 0 Å². The van der Waals surface area contributed by atoms with Crippen LogP contribution in [-0.2, 0) is 10.2 Å². The normalized spacial score (nSPS) is 36.7. The van der Waals surface area contributed by atoms with E-state index in [0.29, 0.717) is 18.9 Å². The zero-order valence-corrected chi connectivity index (χ0v) is 11.4. The van der Waals surface area contributed by atoms with Gasteiger partial charge in [-0.1, -0.05) is 31.5 Å². The molecule has 3 aliphatic rings. The zero-order chi connectivity index (χ0) is 13.1. The van der Waals surface area contributed by atoms with E-state index in [4.69, 9.17) is 0 Å². The molecule has 1 N–H and O–H groups in total. The number of hydrogen-bond acceptors (Lipinski definition) is 3. The molecule has 2 heterocycles. The molecule has 1 spiro atoms. The lowest BCUT2D eigenvalue weighted by atomic mass is 9.64. The van der Waals surface area contributed by atoms with Crippen LogP contribution in [0, 0.1) is 0 Å². The lowest BCUT2D eigenvalue weighted by Gasteiger charge is -2.54. The number of benzene rings is 1.